The normalized spacial score (nSPS) is 35.4. The Labute approximate surface area is 163 Å². The molecular formula is C22H24N2O4. The van der Waals surface area contributed by atoms with Crippen LogP contribution in [0.1, 0.15) is 20.3 Å². The maximum absolute atomic E-state index is 13.1. The predicted molar refractivity (Wildman–Crippen MR) is 102 cm³/mol. The SMILES string of the molecule is CCOc1ccc(NC(=O)[C@H](C)N2C(=O)[C@@H]3[C@H]4C=C[C@@H]([C@@H]5C[C@@H]45)[C@@H]3C2=O)cc1. The van der Waals surface area contributed by atoms with Gasteiger partial charge in [0.15, 0.2) is 0 Å². The number of imide groups is 1. The van der Waals surface area contributed by atoms with Crippen molar-refractivity contribution in [3.05, 3.63) is 36.4 Å². The first-order valence-electron chi connectivity index (χ1n) is 10.1. The minimum absolute atomic E-state index is 0.169. The number of rotatable bonds is 5. The fourth-order valence-electron chi connectivity index (χ4n) is 5.53. The van der Waals surface area contributed by atoms with E-state index in [0.717, 1.165) is 12.2 Å². The number of anilines is 1. The van der Waals surface area contributed by atoms with Crippen LogP contribution in [0.25, 0.3) is 0 Å². The van der Waals surface area contributed by atoms with Gasteiger partial charge in [0.1, 0.15) is 11.8 Å². The highest BCUT2D eigenvalue weighted by molar-refractivity contribution is 6.10. The van der Waals surface area contributed by atoms with E-state index in [1.54, 1.807) is 31.2 Å². The zero-order chi connectivity index (χ0) is 19.6. The Morgan fingerprint density at radius 1 is 1.11 bits per heavy atom. The third-order valence-corrected chi connectivity index (χ3v) is 6.90. The van der Waals surface area contributed by atoms with Gasteiger partial charge in [0, 0.05) is 5.69 Å². The molecule has 4 aliphatic carbocycles. The van der Waals surface area contributed by atoms with Crippen molar-refractivity contribution in [1.82, 2.24) is 4.90 Å². The number of amides is 3. The lowest BCUT2D eigenvalue weighted by atomic mass is 9.63. The minimum Gasteiger partial charge on any atom is -0.494 e. The number of hydrogen-bond donors (Lipinski definition) is 1. The third kappa shape index (κ3) is 2.43. The quantitative estimate of drug-likeness (QED) is 0.629. The Bertz CT molecular complexity index is 841. The van der Waals surface area contributed by atoms with E-state index in [1.165, 1.54) is 4.90 Å². The number of benzene rings is 1. The Hall–Kier alpha value is -2.63. The predicted octanol–water partition coefficient (Wildman–Crippen LogP) is 2.47. The van der Waals surface area contributed by atoms with Crippen LogP contribution in [0.4, 0.5) is 5.69 Å². The molecule has 5 aliphatic rings. The first kappa shape index (κ1) is 17.5. The van der Waals surface area contributed by atoms with Crippen LogP contribution in [0.3, 0.4) is 0 Å². The average molecular weight is 380 g/mol. The van der Waals surface area contributed by atoms with Gasteiger partial charge < -0.3 is 10.1 Å². The molecule has 1 aliphatic heterocycles. The summed E-state index contributed by atoms with van der Waals surface area (Å²) in [5, 5.41) is 2.81. The number of carbonyl (C=O) groups excluding carboxylic acids is 3. The number of hydrogen-bond acceptors (Lipinski definition) is 4. The van der Waals surface area contributed by atoms with Crippen molar-refractivity contribution in [3.8, 4) is 5.75 Å². The van der Waals surface area contributed by atoms with Crippen molar-refractivity contribution < 1.29 is 19.1 Å². The molecular weight excluding hydrogens is 356 g/mol. The van der Waals surface area contributed by atoms with Gasteiger partial charge in [-0.3, -0.25) is 19.3 Å². The lowest BCUT2D eigenvalue weighted by molar-refractivity contribution is -0.146. The van der Waals surface area contributed by atoms with Crippen molar-refractivity contribution in [1.29, 1.82) is 0 Å². The van der Waals surface area contributed by atoms with Gasteiger partial charge in [0.05, 0.1) is 18.4 Å². The fraction of sp³-hybridized carbons (Fsp3) is 0.500. The Morgan fingerprint density at radius 3 is 2.21 bits per heavy atom. The largest absolute Gasteiger partial charge is 0.494 e. The molecule has 1 saturated heterocycles. The Kier molecular flexibility index (Phi) is 3.86. The van der Waals surface area contributed by atoms with Gasteiger partial charge >= 0.3 is 0 Å². The van der Waals surface area contributed by atoms with E-state index in [-0.39, 0.29) is 41.4 Å². The fourth-order valence-corrected chi connectivity index (χ4v) is 5.53. The number of carbonyl (C=O) groups is 3. The lowest BCUT2D eigenvalue weighted by Gasteiger charge is -2.37. The molecule has 2 saturated carbocycles. The van der Waals surface area contributed by atoms with Gasteiger partial charge in [-0.05, 0) is 68.2 Å². The van der Waals surface area contributed by atoms with Crippen LogP contribution in [0.5, 0.6) is 5.75 Å². The van der Waals surface area contributed by atoms with Crippen molar-refractivity contribution in [3.63, 3.8) is 0 Å². The van der Waals surface area contributed by atoms with Crippen LogP contribution < -0.4 is 10.1 Å². The molecule has 3 amide bonds. The van der Waals surface area contributed by atoms with Gasteiger partial charge in [-0.1, -0.05) is 12.2 Å². The van der Waals surface area contributed by atoms with E-state index in [2.05, 4.69) is 17.5 Å². The molecule has 6 rings (SSSR count). The van der Waals surface area contributed by atoms with Crippen LogP contribution >= 0.6 is 0 Å². The summed E-state index contributed by atoms with van der Waals surface area (Å²) in [6.07, 6.45) is 5.41. The number of nitrogens with zero attached hydrogens (tertiary/aromatic N) is 1. The van der Waals surface area contributed by atoms with E-state index in [4.69, 9.17) is 4.74 Å². The number of likely N-dealkylation sites (tertiary alicyclic amines) is 1. The zero-order valence-electron chi connectivity index (χ0n) is 16.0. The monoisotopic (exact) mass is 380 g/mol. The van der Waals surface area contributed by atoms with E-state index < -0.39 is 6.04 Å². The molecule has 7 atom stereocenters. The summed E-state index contributed by atoms with van der Waals surface area (Å²) in [4.78, 5) is 40.2. The molecule has 0 unspecified atom stereocenters. The summed E-state index contributed by atoms with van der Waals surface area (Å²) in [7, 11) is 0. The smallest absolute Gasteiger partial charge is 0.247 e. The number of allylic oxidation sites excluding steroid dienone is 2. The highest BCUT2D eigenvalue weighted by Crippen LogP contribution is 2.65. The minimum atomic E-state index is -0.826. The third-order valence-electron chi connectivity index (χ3n) is 6.90. The van der Waals surface area contributed by atoms with E-state index in [9.17, 15) is 14.4 Å². The van der Waals surface area contributed by atoms with Crippen LogP contribution in [-0.2, 0) is 14.4 Å². The number of ether oxygens (including phenoxy) is 1. The number of nitrogens with one attached hydrogen (secondary N) is 1. The second-order valence-corrected chi connectivity index (χ2v) is 8.32. The van der Waals surface area contributed by atoms with Crippen molar-refractivity contribution >= 4 is 23.4 Å². The molecule has 6 heteroatoms. The summed E-state index contributed by atoms with van der Waals surface area (Å²) in [5.74, 6) is 0.939. The molecule has 3 fully saturated rings. The lowest BCUT2D eigenvalue weighted by Crippen LogP contribution is -2.46. The summed E-state index contributed by atoms with van der Waals surface area (Å²) in [6, 6.07) is 6.23. The molecule has 146 valence electrons. The molecule has 0 radical (unpaired) electrons. The summed E-state index contributed by atoms with van der Waals surface area (Å²) in [6.45, 7) is 4.11. The summed E-state index contributed by atoms with van der Waals surface area (Å²) in [5.41, 5.74) is 0.611. The first-order valence-corrected chi connectivity index (χ1v) is 10.1. The van der Waals surface area contributed by atoms with Crippen LogP contribution in [-0.4, -0.2) is 35.3 Å². The highest BCUT2D eigenvalue weighted by Gasteiger charge is 2.67. The van der Waals surface area contributed by atoms with E-state index in [0.29, 0.717) is 24.1 Å². The molecule has 1 N–H and O–H groups in total. The van der Waals surface area contributed by atoms with Crippen LogP contribution in [0.2, 0.25) is 0 Å². The highest BCUT2D eigenvalue weighted by atomic mass is 16.5. The second-order valence-electron chi connectivity index (χ2n) is 8.32. The van der Waals surface area contributed by atoms with Gasteiger partial charge in [-0.25, -0.2) is 0 Å². The maximum Gasteiger partial charge on any atom is 0.247 e. The van der Waals surface area contributed by atoms with Gasteiger partial charge in [-0.2, -0.15) is 0 Å². The summed E-state index contributed by atoms with van der Waals surface area (Å²) < 4.78 is 5.40. The first-order chi connectivity index (χ1) is 13.5. The molecule has 2 bridgehead atoms. The van der Waals surface area contributed by atoms with E-state index in [1.807, 2.05) is 6.92 Å². The van der Waals surface area contributed by atoms with Crippen molar-refractivity contribution in [2.24, 2.45) is 35.5 Å². The Balaban J connectivity index is 1.31. The molecule has 0 aromatic heterocycles. The average Bonchev–Trinajstić information content (AvgIpc) is 3.47. The molecule has 6 nitrogen and oxygen atoms in total. The second kappa shape index (κ2) is 6.19. The summed E-state index contributed by atoms with van der Waals surface area (Å²) >= 11 is 0. The zero-order valence-corrected chi connectivity index (χ0v) is 16.0. The standard InChI is InChI=1S/C22H24N2O4/c1-3-28-13-6-4-12(5-7-13)23-20(25)11(2)24-21(26)18-14-8-9-15(17-10-16(14)17)19(18)22(24)27/h4-9,11,14-19H,3,10H2,1-2H3,(H,23,25)/t11-,14-,15-,16-,17-,18-,19+/m0/s1. The van der Waals surface area contributed by atoms with Crippen LogP contribution in [0.15, 0.2) is 36.4 Å². The van der Waals surface area contributed by atoms with Crippen molar-refractivity contribution in [2.75, 3.05) is 11.9 Å². The van der Waals surface area contributed by atoms with Gasteiger partial charge in [-0.15, -0.1) is 0 Å². The van der Waals surface area contributed by atoms with Crippen LogP contribution in [0, 0.1) is 35.5 Å². The maximum atomic E-state index is 13.1. The molecule has 1 aromatic carbocycles. The van der Waals surface area contributed by atoms with E-state index >= 15 is 0 Å². The van der Waals surface area contributed by atoms with Crippen molar-refractivity contribution in [2.45, 2.75) is 26.3 Å². The van der Waals surface area contributed by atoms with Gasteiger partial charge in [0.2, 0.25) is 17.7 Å². The molecule has 0 spiro atoms. The topological polar surface area (TPSA) is 75.7 Å². The molecule has 28 heavy (non-hydrogen) atoms. The molecule has 1 aromatic rings. The molecule has 1 heterocycles. The van der Waals surface area contributed by atoms with Gasteiger partial charge in [0.25, 0.3) is 0 Å². The Morgan fingerprint density at radius 2 is 1.68 bits per heavy atom.